The van der Waals surface area contributed by atoms with E-state index in [2.05, 4.69) is 22.8 Å². The molecule has 0 spiro atoms. The molecule has 7 heteroatoms. The third kappa shape index (κ3) is 4.24. The Hall–Kier alpha value is -4.13. The minimum absolute atomic E-state index is 0.00234. The Morgan fingerprint density at radius 2 is 1.47 bits per heavy atom. The van der Waals surface area contributed by atoms with E-state index in [1.165, 1.54) is 12.1 Å². The monoisotopic (exact) mass is 456 g/mol. The number of carbonyl (C=O) groups excluding carboxylic acids is 2. The van der Waals surface area contributed by atoms with Crippen LogP contribution in [0.3, 0.4) is 0 Å². The molecule has 0 heterocycles. The van der Waals surface area contributed by atoms with Crippen LogP contribution in [-0.2, 0) is 9.53 Å². The second-order valence-corrected chi connectivity index (χ2v) is 8.62. The fourth-order valence-electron chi connectivity index (χ4n) is 4.58. The molecule has 3 N–H and O–H groups in total. The molecule has 2 aliphatic carbocycles. The number of hydrogen-bond acceptors (Lipinski definition) is 4. The number of carboxylic acids is 1. The van der Waals surface area contributed by atoms with E-state index < -0.39 is 24.0 Å². The summed E-state index contributed by atoms with van der Waals surface area (Å²) in [5.74, 6) is -1.67. The zero-order chi connectivity index (χ0) is 23.7. The van der Waals surface area contributed by atoms with Gasteiger partial charge < -0.3 is 20.5 Å². The van der Waals surface area contributed by atoms with Crippen LogP contribution in [0.5, 0.6) is 0 Å². The van der Waals surface area contributed by atoms with Crippen LogP contribution in [0.2, 0.25) is 0 Å². The third-order valence-electron chi connectivity index (χ3n) is 6.41. The standard InChI is InChI=1S/C27H24N2O5/c30-25(28-23-12-6-5-11-21(23)26(31)32)24(16-13-14-16)29-27(33)34-15-22-19-9-3-1-7-17(19)18-8-2-4-10-20(18)22/h1-12,16,22,24H,13-15H2,(H,28,30)(H,29,33)(H,31,32). The van der Waals surface area contributed by atoms with Crippen molar-refractivity contribution in [3.05, 3.63) is 89.5 Å². The van der Waals surface area contributed by atoms with Gasteiger partial charge in [0.1, 0.15) is 12.6 Å². The zero-order valence-electron chi connectivity index (χ0n) is 18.4. The number of amides is 2. The van der Waals surface area contributed by atoms with E-state index in [1.54, 1.807) is 12.1 Å². The second kappa shape index (κ2) is 9.02. The largest absolute Gasteiger partial charge is 0.478 e. The average Bonchev–Trinajstić information content (AvgIpc) is 3.64. The zero-order valence-corrected chi connectivity index (χ0v) is 18.4. The van der Waals surface area contributed by atoms with Crippen molar-refractivity contribution in [1.82, 2.24) is 5.32 Å². The van der Waals surface area contributed by atoms with E-state index in [0.29, 0.717) is 0 Å². The van der Waals surface area contributed by atoms with Crippen molar-refractivity contribution in [1.29, 1.82) is 0 Å². The number of alkyl carbamates (subject to hydrolysis) is 1. The maximum absolute atomic E-state index is 12.9. The molecule has 2 amide bonds. The maximum atomic E-state index is 12.9. The van der Waals surface area contributed by atoms with Crippen LogP contribution in [0.15, 0.2) is 72.8 Å². The molecule has 1 atom stereocenters. The first-order valence-electron chi connectivity index (χ1n) is 11.3. The lowest BCUT2D eigenvalue weighted by Gasteiger charge is -2.20. The Morgan fingerprint density at radius 1 is 0.882 bits per heavy atom. The summed E-state index contributed by atoms with van der Waals surface area (Å²) >= 11 is 0. The molecule has 172 valence electrons. The van der Waals surface area contributed by atoms with E-state index in [1.807, 2.05) is 36.4 Å². The molecule has 1 unspecified atom stereocenters. The van der Waals surface area contributed by atoms with Gasteiger partial charge in [0.2, 0.25) is 5.91 Å². The predicted molar refractivity (Wildman–Crippen MR) is 127 cm³/mol. The third-order valence-corrected chi connectivity index (χ3v) is 6.41. The van der Waals surface area contributed by atoms with Crippen molar-refractivity contribution < 1.29 is 24.2 Å². The van der Waals surface area contributed by atoms with E-state index in [-0.39, 0.29) is 29.7 Å². The van der Waals surface area contributed by atoms with Gasteiger partial charge >= 0.3 is 12.1 Å². The summed E-state index contributed by atoms with van der Waals surface area (Å²) in [5, 5.41) is 14.7. The van der Waals surface area contributed by atoms with E-state index in [0.717, 1.165) is 35.1 Å². The number of carbonyl (C=O) groups is 3. The van der Waals surface area contributed by atoms with Crippen LogP contribution < -0.4 is 10.6 Å². The van der Waals surface area contributed by atoms with Crippen LogP contribution in [-0.4, -0.2) is 35.7 Å². The summed E-state index contributed by atoms with van der Waals surface area (Å²) in [4.78, 5) is 37.1. The first kappa shape index (κ1) is 21.7. The molecule has 5 rings (SSSR count). The minimum atomic E-state index is -1.14. The van der Waals surface area contributed by atoms with E-state index in [9.17, 15) is 19.5 Å². The highest BCUT2D eigenvalue weighted by molar-refractivity contribution is 6.03. The van der Waals surface area contributed by atoms with Gasteiger partial charge in [0, 0.05) is 5.92 Å². The number of para-hydroxylation sites is 1. The normalized spacial score (nSPS) is 15.1. The van der Waals surface area contributed by atoms with Crippen molar-refractivity contribution in [2.75, 3.05) is 11.9 Å². The topological polar surface area (TPSA) is 105 Å². The summed E-state index contributed by atoms with van der Waals surface area (Å²) in [6, 6.07) is 21.5. The van der Waals surface area contributed by atoms with Crippen LogP contribution in [0.25, 0.3) is 11.1 Å². The van der Waals surface area contributed by atoms with Crippen molar-refractivity contribution in [2.24, 2.45) is 5.92 Å². The number of benzene rings is 3. The Bertz CT molecular complexity index is 1220. The number of aromatic carboxylic acids is 1. The number of ether oxygens (including phenoxy) is 1. The molecule has 3 aromatic carbocycles. The lowest BCUT2D eigenvalue weighted by Crippen LogP contribution is -2.45. The van der Waals surface area contributed by atoms with E-state index >= 15 is 0 Å². The second-order valence-electron chi connectivity index (χ2n) is 8.62. The van der Waals surface area contributed by atoms with Crippen molar-refractivity contribution in [3.63, 3.8) is 0 Å². The lowest BCUT2D eigenvalue weighted by molar-refractivity contribution is -0.118. The van der Waals surface area contributed by atoms with Crippen molar-refractivity contribution in [2.45, 2.75) is 24.8 Å². The van der Waals surface area contributed by atoms with Gasteiger partial charge in [-0.15, -0.1) is 0 Å². The summed E-state index contributed by atoms with van der Waals surface area (Å²) < 4.78 is 5.59. The molecular formula is C27H24N2O5. The molecule has 3 aromatic rings. The quantitative estimate of drug-likeness (QED) is 0.480. The average molecular weight is 456 g/mol. The minimum Gasteiger partial charge on any atom is -0.478 e. The van der Waals surface area contributed by atoms with Gasteiger partial charge in [-0.25, -0.2) is 9.59 Å². The number of fused-ring (bicyclic) bond motifs is 3. The predicted octanol–water partition coefficient (Wildman–Crippen LogP) is 4.64. The summed E-state index contributed by atoms with van der Waals surface area (Å²) in [7, 11) is 0. The van der Waals surface area contributed by atoms with Gasteiger partial charge in [0.05, 0.1) is 11.3 Å². The molecule has 34 heavy (non-hydrogen) atoms. The van der Waals surface area contributed by atoms with Crippen LogP contribution >= 0.6 is 0 Å². The highest BCUT2D eigenvalue weighted by Gasteiger charge is 2.38. The number of anilines is 1. The molecule has 2 aliphatic rings. The van der Waals surface area contributed by atoms with E-state index in [4.69, 9.17) is 4.74 Å². The number of nitrogens with one attached hydrogen (secondary N) is 2. The molecule has 7 nitrogen and oxygen atoms in total. The number of rotatable bonds is 7. The highest BCUT2D eigenvalue weighted by Crippen LogP contribution is 2.44. The first-order valence-corrected chi connectivity index (χ1v) is 11.3. The fraction of sp³-hybridized carbons (Fsp3) is 0.222. The van der Waals surface area contributed by atoms with Gasteiger partial charge in [0.15, 0.2) is 0 Å². The summed E-state index contributed by atoms with van der Waals surface area (Å²) in [6.45, 7) is 0.153. The molecular weight excluding hydrogens is 432 g/mol. The molecule has 0 radical (unpaired) electrons. The van der Waals surface area contributed by atoms with Gasteiger partial charge in [-0.05, 0) is 53.1 Å². The fourth-order valence-corrected chi connectivity index (χ4v) is 4.58. The van der Waals surface area contributed by atoms with Crippen molar-refractivity contribution >= 4 is 23.7 Å². The smallest absolute Gasteiger partial charge is 0.407 e. The van der Waals surface area contributed by atoms with Crippen molar-refractivity contribution in [3.8, 4) is 11.1 Å². The number of hydrogen-bond donors (Lipinski definition) is 3. The molecule has 0 aliphatic heterocycles. The van der Waals surface area contributed by atoms with Gasteiger partial charge in [-0.2, -0.15) is 0 Å². The van der Waals surface area contributed by atoms with Crippen LogP contribution in [0.4, 0.5) is 10.5 Å². The highest BCUT2D eigenvalue weighted by atomic mass is 16.5. The Kier molecular flexibility index (Phi) is 5.76. The molecule has 1 saturated carbocycles. The van der Waals surface area contributed by atoms with Gasteiger partial charge in [-0.1, -0.05) is 60.7 Å². The maximum Gasteiger partial charge on any atom is 0.407 e. The van der Waals surface area contributed by atoms with Crippen LogP contribution in [0.1, 0.15) is 40.2 Å². The SMILES string of the molecule is O=C(NC(C(=O)Nc1ccccc1C(=O)O)C1CC1)OCC1c2ccccc2-c2ccccc21. The van der Waals surface area contributed by atoms with Gasteiger partial charge in [-0.3, -0.25) is 4.79 Å². The summed E-state index contributed by atoms with van der Waals surface area (Å²) in [5.41, 5.74) is 4.68. The van der Waals surface area contributed by atoms with Gasteiger partial charge in [0.25, 0.3) is 0 Å². The summed E-state index contributed by atoms with van der Waals surface area (Å²) in [6.07, 6.45) is 0.949. The lowest BCUT2D eigenvalue weighted by atomic mass is 9.98. The Balaban J connectivity index is 1.26. The van der Waals surface area contributed by atoms with Crippen LogP contribution in [0, 0.1) is 5.92 Å². The molecule has 0 saturated heterocycles. The first-order chi connectivity index (χ1) is 16.5. The molecule has 0 bridgehead atoms. The number of carboxylic acid groups (broad SMARTS) is 1. The Labute approximate surface area is 196 Å². The Morgan fingerprint density at radius 3 is 2.09 bits per heavy atom. The molecule has 0 aromatic heterocycles. The molecule has 1 fully saturated rings.